The summed E-state index contributed by atoms with van der Waals surface area (Å²) < 4.78 is 0. The molecule has 9 heteroatoms. The lowest BCUT2D eigenvalue weighted by Crippen LogP contribution is -2.34. The quantitative estimate of drug-likeness (QED) is 0.484. The predicted molar refractivity (Wildman–Crippen MR) is 113 cm³/mol. The summed E-state index contributed by atoms with van der Waals surface area (Å²) in [5.74, 6) is 0.858. The molecule has 0 bridgehead atoms. The second kappa shape index (κ2) is 8.54. The van der Waals surface area contributed by atoms with Gasteiger partial charge in [0.2, 0.25) is 0 Å². The number of amides is 3. The third-order valence-electron chi connectivity index (χ3n) is 4.66. The molecule has 1 aliphatic rings. The van der Waals surface area contributed by atoms with Gasteiger partial charge < -0.3 is 16.0 Å². The molecule has 4 rings (SSSR count). The number of nitrogens with zero attached hydrogens (tertiary/aromatic N) is 2. The minimum Gasteiger partial charge on any atom is -0.349 e. The zero-order valence-electron chi connectivity index (χ0n) is 16.3. The normalized spacial score (nSPS) is 14.1. The number of rotatable bonds is 6. The highest BCUT2D eigenvalue weighted by Crippen LogP contribution is 2.24. The van der Waals surface area contributed by atoms with Crippen LogP contribution in [-0.4, -0.2) is 33.2 Å². The highest BCUT2D eigenvalue weighted by Gasteiger charge is 2.25. The molecule has 1 heterocycles. The van der Waals surface area contributed by atoms with Crippen molar-refractivity contribution < 1.29 is 9.59 Å². The van der Waals surface area contributed by atoms with Crippen molar-refractivity contribution in [3.8, 4) is 0 Å². The molecular weight excluding hydrogens is 404 g/mol. The maximum atomic E-state index is 12.7. The van der Waals surface area contributed by atoms with Crippen molar-refractivity contribution in [1.82, 2.24) is 25.8 Å². The van der Waals surface area contributed by atoms with Gasteiger partial charge in [0.25, 0.3) is 5.91 Å². The van der Waals surface area contributed by atoms with Crippen molar-refractivity contribution in [2.75, 3.05) is 5.32 Å². The first-order chi connectivity index (χ1) is 14.5. The predicted octanol–water partition coefficient (Wildman–Crippen LogP) is 3.57. The Morgan fingerprint density at radius 1 is 1.17 bits per heavy atom. The Morgan fingerprint density at radius 3 is 2.60 bits per heavy atom. The van der Waals surface area contributed by atoms with E-state index in [0.717, 1.165) is 18.4 Å². The summed E-state index contributed by atoms with van der Waals surface area (Å²) in [6, 6.07) is 13.4. The molecule has 0 spiro atoms. The summed E-state index contributed by atoms with van der Waals surface area (Å²) in [5, 5.41) is 15.9. The first kappa shape index (κ1) is 19.9. The van der Waals surface area contributed by atoms with Crippen molar-refractivity contribution in [2.24, 2.45) is 0 Å². The van der Waals surface area contributed by atoms with Gasteiger partial charge in [-0.15, -0.1) is 0 Å². The molecule has 30 heavy (non-hydrogen) atoms. The summed E-state index contributed by atoms with van der Waals surface area (Å²) in [6.07, 6.45) is 1.95. The molecule has 0 aliphatic heterocycles. The molecule has 8 nitrogen and oxygen atoms in total. The van der Waals surface area contributed by atoms with Gasteiger partial charge in [0, 0.05) is 11.7 Å². The number of aryl methyl sites for hydroxylation is 1. The second-order valence-corrected chi connectivity index (χ2v) is 7.57. The highest BCUT2D eigenvalue weighted by molar-refractivity contribution is 6.34. The van der Waals surface area contributed by atoms with E-state index in [2.05, 4.69) is 31.1 Å². The fourth-order valence-corrected chi connectivity index (χ4v) is 3.20. The SMILES string of the molecule is Cc1nc(C(NC(=O)Nc2ccc(Cl)c(C(=O)NC3CC3)c2)c2ccccc2)n[nH]1. The number of urea groups is 1. The van der Waals surface area contributed by atoms with Crippen molar-refractivity contribution in [2.45, 2.75) is 31.8 Å². The third kappa shape index (κ3) is 4.77. The summed E-state index contributed by atoms with van der Waals surface area (Å²) >= 11 is 6.17. The largest absolute Gasteiger partial charge is 0.349 e. The van der Waals surface area contributed by atoms with E-state index < -0.39 is 12.1 Å². The molecule has 0 saturated heterocycles. The van der Waals surface area contributed by atoms with E-state index >= 15 is 0 Å². The van der Waals surface area contributed by atoms with Crippen LogP contribution in [-0.2, 0) is 0 Å². The number of benzene rings is 2. The van der Waals surface area contributed by atoms with E-state index in [1.807, 2.05) is 30.3 Å². The number of halogens is 1. The van der Waals surface area contributed by atoms with Crippen LogP contribution in [0.1, 0.15) is 46.5 Å². The van der Waals surface area contributed by atoms with Crippen LogP contribution in [0.4, 0.5) is 10.5 Å². The molecule has 2 aromatic carbocycles. The number of nitrogens with one attached hydrogen (secondary N) is 4. The Hall–Kier alpha value is -3.39. The second-order valence-electron chi connectivity index (χ2n) is 7.16. The maximum Gasteiger partial charge on any atom is 0.320 e. The molecule has 1 fully saturated rings. The van der Waals surface area contributed by atoms with Crippen molar-refractivity contribution in [1.29, 1.82) is 0 Å². The van der Waals surface area contributed by atoms with Crippen LogP contribution in [0.25, 0.3) is 0 Å². The van der Waals surface area contributed by atoms with Crippen molar-refractivity contribution in [3.63, 3.8) is 0 Å². The van der Waals surface area contributed by atoms with Gasteiger partial charge in [0.1, 0.15) is 11.9 Å². The standard InChI is InChI=1S/C21H21ClN6O2/c1-12-23-19(28-27-12)18(13-5-3-2-4-6-13)26-21(30)25-15-9-10-17(22)16(11-15)20(29)24-14-7-8-14/h2-6,9-11,14,18H,7-8H2,1H3,(H,24,29)(H,23,27,28)(H2,25,26,30). The van der Waals surface area contributed by atoms with Crippen molar-refractivity contribution in [3.05, 3.63) is 76.3 Å². The molecule has 1 aromatic heterocycles. The first-order valence-corrected chi connectivity index (χ1v) is 9.99. The number of aromatic nitrogens is 3. The Labute approximate surface area is 178 Å². The third-order valence-corrected chi connectivity index (χ3v) is 4.99. The molecule has 3 amide bonds. The van der Waals surface area contributed by atoms with Crippen LogP contribution >= 0.6 is 11.6 Å². The van der Waals surface area contributed by atoms with Gasteiger partial charge >= 0.3 is 6.03 Å². The highest BCUT2D eigenvalue weighted by atomic mass is 35.5. The van der Waals surface area contributed by atoms with Gasteiger partial charge in [-0.2, -0.15) is 5.10 Å². The van der Waals surface area contributed by atoms with Crippen LogP contribution in [0.2, 0.25) is 5.02 Å². The lowest BCUT2D eigenvalue weighted by Gasteiger charge is -2.17. The zero-order chi connectivity index (χ0) is 21.1. The molecule has 3 aromatic rings. The molecule has 154 valence electrons. The fraction of sp³-hybridized carbons (Fsp3) is 0.238. The molecule has 1 aliphatic carbocycles. The summed E-state index contributed by atoms with van der Waals surface area (Å²) in [4.78, 5) is 29.4. The van der Waals surface area contributed by atoms with E-state index in [9.17, 15) is 9.59 Å². The van der Waals surface area contributed by atoms with Gasteiger partial charge in [-0.1, -0.05) is 41.9 Å². The average molecular weight is 425 g/mol. The summed E-state index contributed by atoms with van der Waals surface area (Å²) in [6.45, 7) is 1.79. The molecular formula is C21H21ClN6O2. The summed E-state index contributed by atoms with van der Waals surface area (Å²) in [5.41, 5.74) is 1.62. The van der Waals surface area contributed by atoms with Gasteiger partial charge in [-0.3, -0.25) is 9.89 Å². The Balaban J connectivity index is 1.50. The minimum absolute atomic E-state index is 0.213. The zero-order valence-corrected chi connectivity index (χ0v) is 17.0. The Kier molecular flexibility index (Phi) is 5.67. The number of aromatic amines is 1. The van der Waals surface area contributed by atoms with Crippen LogP contribution in [0.3, 0.4) is 0 Å². The first-order valence-electron chi connectivity index (χ1n) is 9.61. The molecule has 4 N–H and O–H groups in total. The molecule has 1 atom stereocenters. The number of carbonyl (C=O) groups is 2. The lowest BCUT2D eigenvalue weighted by molar-refractivity contribution is 0.0951. The van der Waals surface area contributed by atoms with Gasteiger partial charge in [-0.25, -0.2) is 9.78 Å². The molecule has 1 unspecified atom stereocenters. The van der Waals surface area contributed by atoms with Crippen LogP contribution in [0, 0.1) is 6.92 Å². The van der Waals surface area contributed by atoms with Crippen LogP contribution in [0.15, 0.2) is 48.5 Å². The van der Waals surface area contributed by atoms with Crippen LogP contribution < -0.4 is 16.0 Å². The summed E-state index contributed by atoms with van der Waals surface area (Å²) in [7, 11) is 0. The molecule has 0 radical (unpaired) electrons. The Morgan fingerprint density at radius 2 is 1.93 bits per heavy atom. The topological polar surface area (TPSA) is 112 Å². The smallest absolute Gasteiger partial charge is 0.320 e. The van der Waals surface area contributed by atoms with Gasteiger partial charge in [0.15, 0.2) is 5.82 Å². The molecule has 1 saturated carbocycles. The number of hydrogen-bond acceptors (Lipinski definition) is 4. The van der Waals surface area contributed by atoms with Crippen LogP contribution in [0.5, 0.6) is 0 Å². The van der Waals surface area contributed by atoms with Gasteiger partial charge in [0.05, 0.1) is 10.6 Å². The van der Waals surface area contributed by atoms with E-state index in [4.69, 9.17) is 11.6 Å². The van der Waals surface area contributed by atoms with E-state index in [0.29, 0.717) is 27.9 Å². The lowest BCUT2D eigenvalue weighted by atomic mass is 10.1. The number of anilines is 1. The van der Waals surface area contributed by atoms with Gasteiger partial charge in [-0.05, 0) is 43.5 Å². The Bertz CT molecular complexity index is 1060. The van der Waals surface area contributed by atoms with E-state index in [1.165, 1.54) is 0 Å². The number of hydrogen-bond donors (Lipinski definition) is 4. The number of H-pyrrole nitrogens is 1. The van der Waals surface area contributed by atoms with E-state index in [1.54, 1.807) is 25.1 Å². The fourth-order valence-electron chi connectivity index (χ4n) is 3.00. The minimum atomic E-state index is -0.541. The van der Waals surface area contributed by atoms with Crippen molar-refractivity contribution >= 4 is 29.2 Å². The maximum absolute atomic E-state index is 12.7. The monoisotopic (exact) mass is 424 g/mol. The van der Waals surface area contributed by atoms with E-state index in [-0.39, 0.29) is 11.9 Å². The average Bonchev–Trinajstić information content (AvgIpc) is 3.45. The number of carbonyl (C=O) groups excluding carboxylic acids is 2.